The van der Waals surface area contributed by atoms with Crippen molar-refractivity contribution in [1.82, 2.24) is 14.0 Å². The van der Waals surface area contributed by atoms with Gasteiger partial charge in [0.1, 0.15) is 17.4 Å². The zero-order valence-corrected chi connectivity index (χ0v) is 19.6. The summed E-state index contributed by atoms with van der Waals surface area (Å²) in [7, 11) is 0. The molecule has 0 bridgehead atoms. The Morgan fingerprint density at radius 3 is 2.71 bits per heavy atom. The number of nitriles is 1. The van der Waals surface area contributed by atoms with Gasteiger partial charge in [-0.25, -0.2) is 4.98 Å². The molecule has 0 aliphatic carbocycles. The first-order valence-corrected chi connectivity index (χ1v) is 11.4. The van der Waals surface area contributed by atoms with Crippen LogP contribution in [0.25, 0.3) is 22.8 Å². The van der Waals surface area contributed by atoms with Crippen LogP contribution in [0.5, 0.6) is 0 Å². The molecule has 8 heteroatoms. The van der Waals surface area contributed by atoms with Crippen molar-refractivity contribution in [2.24, 2.45) is 4.99 Å². The number of hydrogen-bond acceptors (Lipinski definition) is 5. The lowest BCUT2D eigenvalue weighted by Crippen LogP contribution is -2.30. The highest BCUT2D eigenvalue weighted by Gasteiger charge is 2.14. The molecule has 176 valence electrons. The molecule has 8 nitrogen and oxygen atoms in total. The Hall–Kier alpha value is -4.35. The van der Waals surface area contributed by atoms with E-state index in [0.717, 1.165) is 5.56 Å². The molecule has 4 rings (SSSR count). The molecule has 1 aromatic carbocycles. The molecule has 1 amide bonds. The topological polar surface area (TPSA) is 102 Å². The third kappa shape index (κ3) is 5.42. The standard InChI is InChI=1S/C27H25N5O3/c1-19(2)35-16-8-15-32-25(30-24(33)13-12-20-9-4-3-5-10-20)21(18-28)17-22-26(32)29-23-11-6-7-14-31(23)27(22)34/h3-7,9-14,17,19H,8,15-16H2,1-2H3/b13-12+,30-25?. The molecule has 0 N–H and O–H groups in total. The minimum absolute atomic E-state index is 0.0720. The zero-order valence-electron chi connectivity index (χ0n) is 19.6. The Balaban J connectivity index is 1.89. The Morgan fingerprint density at radius 1 is 1.20 bits per heavy atom. The van der Waals surface area contributed by atoms with Crippen LogP contribution in [-0.4, -0.2) is 32.6 Å². The highest BCUT2D eigenvalue weighted by atomic mass is 16.5. The first-order valence-electron chi connectivity index (χ1n) is 11.4. The van der Waals surface area contributed by atoms with Crippen LogP contribution in [0.3, 0.4) is 0 Å². The van der Waals surface area contributed by atoms with Gasteiger partial charge in [-0.3, -0.25) is 14.0 Å². The minimum atomic E-state index is -0.519. The smallest absolute Gasteiger partial charge is 0.271 e. The quantitative estimate of drug-likeness (QED) is 0.235. The molecule has 3 aromatic heterocycles. The lowest BCUT2D eigenvalue weighted by Gasteiger charge is -2.14. The van der Waals surface area contributed by atoms with Crippen molar-refractivity contribution in [3.05, 3.63) is 93.8 Å². The number of carbonyl (C=O) groups excluding carboxylic acids is 1. The molecule has 0 unspecified atom stereocenters. The fraction of sp³-hybridized carbons (Fsp3) is 0.222. The summed E-state index contributed by atoms with van der Waals surface area (Å²) in [5.41, 5.74) is 1.68. The van der Waals surface area contributed by atoms with Crippen molar-refractivity contribution in [3.8, 4) is 6.07 Å². The second-order valence-electron chi connectivity index (χ2n) is 8.20. The summed E-state index contributed by atoms with van der Waals surface area (Å²) in [4.78, 5) is 34.9. The van der Waals surface area contributed by atoms with Crippen LogP contribution in [-0.2, 0) is 16.1 Å². The SMILES string of the molecule is CC(C)OCCCn1c(=NC(=O)/C=C/c2ccccc2)c(C#N)cc2c(=O)n3ccccc3nc21. The van der Waals surface area contributed by atoms with E-state index < -0.39 is 5.91 Å². The van der Waals surface area contributed by atoms with Crippen LogP contribution < -0.4 is 11.0 Å². The molecule has 35 heavy (non-hydrogen) atoms. The number of aromatic nitrogens is 3. The summed E-state index contributed by atoms with van der Waals surface area (Å²) in [5, 5.41) is 10.1. The number of benzene rings is 1. The average Bonchev–Trinajstić information content (AvgIpc) is 2.87. The number of hydrogen-bond donors (Lipinski definition) is 0. The molecule has 3 heterocycles. The van der Waals surface area contributed by atoms with Crippen LogP contribution in [0.4, 0.5) is 0 Å². The number of aryl methyl sites for hydroxylation is 1. The third-order valence-corrected chi connectivity index (χ3v) is 5.32. The Labute approximate surface area is 202 Å². The van der Waals surface area contributed by atoms with Crippen LogP contribution in [0, 0.1) is 11.3 Å². The van der Waals surface area contributed by atoms with E-state index in [4.69, 9.17) is 4.74 Å². The Bertz CT molecular complexity index is 1570. The fourth-order valence-electron chi connectivity index (χ4n) is 3.71. The summed E-state index contributed by atoms with van der Waals surface area (Å²) in [5.74, 6) is -0.519. The zero-order chi connectivity index (χ0) is 24.8. The van der Waals surface area contributed by atoms with Crippen LogP contribution >= 0.6 is 0 Å². The Morgan fingerprint density at radius 2 is 1.97 bits per heavy atom. The lowest BCUT2D eigenvalue weighted by molar-refractivity contribution is -0.113. The average molecular weight is 468 g/mol. The van der Waals surface area contributed by atoms with Crippen LogP contribution in [0.1, 0.15) is 31.4 Å². The van der Waals surface area contributed by atoms with Gasteiger partial charge in [0.15, 0.2) is 5.49 Å². The number of nitrogens with zero attached hydrogens (tertiary/aromatic N) is 5. The van der Waals surface area contributed by atoms with E-state index in [9.17, 15) is 14.9 Å². The largest absolute Gasteiger partial charge is 0.379 e. The summed E-state index contributed by atoms with van der Waals surface area (Å²) in [6, 6.07) is 18.2. The highest BCUT2D eigenvalue weighted by Crippen LogP contribution is 2.11. The van der Waals surface area contributed by atoms with Gasteiger partial charge < -0.3 is 9.30 Å². The van der Waals surface area contributed by atoms with Gasteiger partial charge in [-0.15, -0.1) is 0 Å². The van der Waals surface area contributed by atoms with Crippen LogP contribution in [0.15, 0.2) is 76.7 Å². The highest BCUT2D eigenvalue weighted by molar-refractivity contribution is 5.92. The third-order valence-electron chi connectivity index (χ3n) is 5.32. The van der Waals surface area contributed by atoms with Crippen molar-refractivity contribution >= 4 is 28.7 Å². The van der Waals surface area contributed by atoms with Gasteiger partial charge in [0, 0.05) is 25.4 Å². The lowest BCUT2D eigenvalue weighted by atomic mass is 10.2. The first-order chi connectivity index (χ1) is 17.0. The number of fused-ring (bicyclic) bond motifs is 2. The van der Waals surface area contributed by atoms with E-state index in [1.807, 2.05) is 44.2 Å². The van der Waals surface area contributed by atoms with Gasteiger partial charge in [-0.2, -0.15) is 10.3 Å². The van der Waals surface area contributed by atoms with Gasteiger partial charge in [-0.1, -0.05) is 36.4 Å². The molecule has 4 aromatic rings. The second-order valence-corrected chi connectivity index (χ2v) is 8.20. The van der Waals surface area contributed by atoms with E-state index in [-0.39, 0.29) is 28.1 Å². The molecule has 0 saturated heterocycles. The molecular formula is C27H25N5O3. The number of carbonyl (C=O) groups is 1. The van der Waals surface area contributed by atoms with E-state index in [1.165, 1.54) is 16.5 Å². The summed E-state index contributed by atoms with van der Waals surface area (Å²) in [6.07, 6.45) is 5.31. The fourth-order valence-corrected chi connectivity index (χ4v) is 3.71. The van der Waals surface area contributed by atoms with Gasteiger partial charge in [0.25, 0.3) is 11.5 Å². The summed E-state index contributed by atoms with van der Waals surface area (Å²) < 4.78 is 8.76. The van der Waals surface area contributed by atoms with Crippen molar-refractivity contribution in [1.29, 1.82) is 5.26 Å². The van der Waals surface area contributed by atoms with E-state index in [0.29, 0.717) is 30.9 Å². The molecule has 0 saturated carbocycles. The van der Waals surface area contributed by atoms with Gasteiger partial charge in [-0.05, 0) is 50.1 Å². The molecule has 0 spiro atoms. The van der Waals surface area contributed by atoms with Crippen molar-refractivity contribution in [2.75, 3.05) is 6.61 Å². The maximum Gasteiger partial charge on any atom is 0.271 e. The van der Waals surface area contributed by atoms with Crippen molar-refractivity contribution in [3.63, 3.8) is 0 Å². The van der Waals surface area contributed by atoms with Gasteiger partial charge in [0.05, 0.1) is 17.1 Å². The summed E-state index contributed by atoms with van der Waals surface area (Å²) >= 11 is 0. The second kappa shape index (κ2) is 10.7. The summed E-state index contributed by atoms with van der Waals surface area (Å²) in [6.45, 7) is 4.73. The van der Waals surface area contributed by atoms with Crippen LogP contribution in [0.2, 0.25) is 0 Å². The molecule has 0 atom stereocenters. The minimum Gasteiger partial charge on any atom is -0.379 e. The Kier molecular flexibility index (Phi) is 7.29. The number of rotatable bonds is 7. The maximum absolute atomic E-state index is 13.2. The molecule has 0 fully saturated rings. The van der Waals surface area contributed by atoms with Crippen molar-refractivity contribution < 1.29 is 9.53 Å². The number of ether oxygens (including phenoxy) is 1. The number of amides is 1. The van der Waals surface area contributed by atoms with Gasteiger partial charge >= 0.3 is 0 Å². The molecular weight excluding hydrogens is 442 g/mol. The van der Waals surface area contributed by atoms with Gasteiger partial charge in [0.2, 0.25) is 0 Å². The predicted molar refractivity (Wildman–Crippen MR) is 133 cm³/mol. The van der Waals surface area contributed by atoms with E-state index in [2.05, 4.69) is 16.0 Å². The predicted octanol–water partition coefficient (Wildman–Crippen LogP) is 3.48. The first kappa shape index (κ1) is 23.8. The normalized spacial score (nSPS) is 12.1. The maximum atomic E-state index is 13.2. The van der Waals surface area contributed by atoms with E-state index >= 15 is 0 Å². The molecule has 0 aliphatic rings. The van der Waals surface area contributed by atoms with E-state index in [1.54, 1.807) is 35.0 Å². The molecule has 0 aliphatic heterocycles. The van der Waals surface area contributed by atoms with Crippen molar-refractivity contribution in [2.45, 2.75) is 32.9 Å². The monoisotopic (exact) mass is 467 g/mol. The molecule has 0 radical (unpaired) electrons. The number of pyridine rings is 2.